The zero-order valence-electron chi connectivity index (χ0n) is 27.6. The van der Waals surface area contributed by atoms with E-state index in [0.717, 1.165) is 49.9 Å². The molecule has 0 aliphatic heterocycles. The van der Waals surface area contributed by atoms with Crippen LogP contribution in [0.2, 0.25) is 0 Å². The van der Waals surface area contributed by atoms with Gasteiger partial charge in [0.25, 0.3) is 0 Å². The van der Waals surface area contributed by atoms with Gasteiger partial charge in [-0.3, -0.25) is 4.98 Å². The van der Waals surface area contributed by atoms with Crippen molar-refractivity contribution in [1.82, 2.24) is 20.0 Å². The molecule has 0 saturated heterocycles. The maximum absolute atomic E-state index is 4.87. The van der Waals surface area contributed by atoms with E-state index >= 15 is 0 Å². The molecule has 51 heavy (non-hydrogen) atoms. The third-order valence-electron chi connectivity index (χ3n) is 9.88. The lowest BCUT2D eigenvalue weighted by atomic mass is 9.85. The van der Waals surface area contributed by atoms with Crippen molar-refractivity contribution < 1.29 is 0 Å². The van der Waals surface area contributed by atoms with Gasteiger partial charge >= 0.3 is 0 Å². The van der Waals surface area contributed by atoms with Crippen molar-refractivity contribution in [3.63, 3.8) is 0 Å². The van der Waals surface area contributed by atoms with Gasteiger partial charge in [-0.05, 0) is 103 Å². The van der Waals surface area contributed by atoms with Crippen molar-refractivity contribution in [3.8, 4) is 50.2 Å². The van der Waals surface area contributed by atoms with Crippen LogP contribution in [-0.4, -0.2) is 20.0 Å². The lowest BCUT2D eigenvalue weighted by molar-refractivity contribution is 0.766. The zero-order chi connectivity index (χ0) is 33.7. The smallest absolute Gasteiger partial charge is 0.114 e. The highest BCUT2D eigenvalue weighted by molar-refractivity contribution is 6.22. The third-order valence-corrected chi connectivity index (χ3v) is 9.88. The molecule has 0 bridgehead atoms. The molecular weight excluding hydrogens is 621 g/mol. The van der Waals surface area contributed by atoms with Crippen molar-refractivity contribution in [2.75, 3.05) is 0 Å². The van der Waals surface area contributed by atoms with Gasteiger partial charge in [0, 0.05) is 17.1 Å². The first kappa shape index (κ1) is 29.0. The average molecular weight is 651 g/mol. The zero-order valence-corrected chi connectivity index (χ0v) is 27.6. The van der Waals surface area contributed by atoms with Gasteiger partial charge < -0.3 is 0 Å². The summed E-state index contributed by atoms with van der Waals surface area (Å²) in [5, 5.41) is 15.8. The SMILES string of the molecule is c1ccc(-c2c3ccccc3c(-c3ccccc3)c3cc(-c4ccc(-n5nc6ccc(-c7cnc8ccccc8c7)cc6n5)cc4)ccc23)cc1. The fourth-order valence-corrected chi connectivity index (χ4v) is 7.42. The van der Waals surface area contributed by atoms with E-state index in [1.165, 1.54) is 43.8 Å². The van der Waals surface area contributed by atoms with E-state index in [9.17, 15) is 0 Å². The van der Waals surface area contributed by atoms with Crippen LogP contribution in [-0.2, 0) is 0 Å². The van der Waals surface area contributed by atoms with Gasteiger partial charge in [0.1, 0.15) is 11.0 Å². The van der Waals surface area contributed by atoms with E-state index in [0.29, 0.717) is 0 Å². The molecule has 10 aromatic rings. The fraction of sp³-hybridized carbons (Fsp3) is 0. The van der Waals surface area contributed by atoms with Crippen LogP contribution in [0.4, 0.5) is 0 Å². The summed E-state index contributed by atoms with van der Waals surface area (Å²) in [4.78, 5) is 6.38. The van der Waals surface area contributed by atoms with Gasteiger partial charge in [0.2, 0.25) is 0 Å². The van der Waals surface area contributed by atoms with Crippen molar-refractivity contribution >= 4 is 43.5 Å². The van der Waals surface area contributed by atoms with Crippen LogP contribution >= 0.6 is 0 Å². The molecule has 238 valence electrons. The Morgan fingerprint density at radius 3 is 1.65 bits per heavy atom. The summed E-state index contributed by atoms with van der Waals surface area (Å²) < 4.78 is 0. The number of fused-ring (bicyclic) bond motifs is 4. The minimum Gasteiger partial charge on any atom is -0.256 e. The standard InChI is InChI=1S/C47H30N4/c1-3-11-32(12-4-1)46-39-16-8-9-17-40(39)47(33-13-5-2-6-14-33)42-28-34(21-25-41(42)46)31-19-23-38(24-20-31)51-49-44-26-22-35(29-45(44)50-51)37-27-36-15-7-10-18-43(36)48-30-37/h1-30H. The highest BCUT2D eigenvalue weighted by Crippen LogP contribution is 2.44. The maximum Gasteiger partial charge on any atom is 0.114 e. The average Bonchev–Trinajstić information content (AvgIpc) is 3.64. The maximum atomic E-state index is 4.87. The molecule has 8 aromatic carbocycles. The number of hydrogen-bond donors (Lipinski definition) is 0. The molecule has 0 spiro atoms. The third kappa shape index (κ3) is 5.04. The second kappa shape index (κ2) is 11.9. The normalized spacial score (nSPS) is 11.5. The van der Waals surface area contributed by atoms with E-state index in [1.807, 2.05) is 30.5 Å². The number of pyridine rings is 1. The highest BCUT2D eigenvalue weighted by Gasteiger charge is 2.17. The predicted octanol–water partition coefficient (Wildman–Crippen LogP) is 11.9. The Kier molecular flexibility index (Phi) is 6.78. The van der Waals surface area contributed by atoms with Crippen LogP contribution in [0.3, 0.4) is 0 Å². The Labute approximate surface area is 294 Å². The second-order valence-electron chi connectivity index (χ2n) is 12.9. The molecule has 0 saturated carbocycles. The number of rotatable bonds is 5. The Balaban J connectivity index is 1.06. The largest absolute Gasteiger partial charge is 0.256 e. The first-order valence-electron chi connectivity index (χ1n) is 17.2. The lowest BCUT2D eigenvalue weighted by Gasteiger charge is -2.18. The van der Waals surface area contributed by atoms with E-state index in [4.69, 9.17) is 10.2 Å². The molecule has 4 nitrogen and oxygen atoms in total. The first-order chi connectivity index (χ1) is 25.3. The number of hydrogen-bond acceptors (Lipinski definition) is 3. The number of nitrogens with zero attached hydrogens (tertiary/aromatic N) is 4. The summed E-state index contributed by atoms with van der Waals surface area (Å²) in [7, 11) is 0. The van der Waals surface area contributed by atoms with Crippen LogP contribution in [0.1, 0.15) is 0 Å². The van der Waals surface area contributed by atoms with E-state index in [-0.39, 0.29) is 0 Å². The van der Waals surface area contributed by atoms with Gasteiger partial charge in [0.15, 0.2) is 0 Å². The number of aromatic nitrogens is 4. The Morgan fingerprint density at radius 1 is 0.333 bits per heavy atom. The van der Waals surface area contributed by atoms with Gasteiger partial charge in [-0.1, -0.05) is 133 Å². The monoisotopic (exact) mass is 650 g/mol. The lowest BCUT2D eigenvalue weighted by Crippen LogP contribution is -1.98. The summed E-state index contributed by atoms with van der Waals surface area (Å²) in [5.41, 5.74) is 13.0. The van der Waals surface area contributed by atoms with Crippen LogP contribution in [0.5, 0.6) is 0 Å². The van der Waals surface area contributed by atoms with Crippen molar-refractivity contribution in [3.05, 3.63) is 182 Å². The summed E-state index contributed by atoms with van der Waals surface area (Å²) in [5.74, 6) is 0. The van der Waals surface area contributed by atoms with Crippen LogP contribution in [0, 0.1) is 0 Å². The molecule has 0 radical (unpaired) electrons. The summed E-state index contributed by atoms with van der Waals surface area (Å²) in [6.07, 6.45) is 1.92. The molecule has 0 amide bonds. The van der Waals surface area contributed by atoms with Crippen LogP contribution in [0.25, 0.3) is 93.7 Å². The van der Waals surface area contributed by atoms with Crippen molar-refractivity contribution in [2.45, 2.75) is 0 Å². The predicted molar refractivity (Wildman–Crippen MR) is 211 cm³/mol. The fourth-order valence-electron chi connectivity index (χ4n) is 7.42. The molecule has 4 heteroatoms. The van der Waals surface area contributed by atoms with Crippen LogP contribution in [0.15, 0.2) is 182 Å². The molecular formula is C47H30N4. The molecule has 0 aliphatic carbocycles. The van der Waals surface area contributed by atoms with Gasteiger partial charge in [0.05, 0.1) is 11.2 Å². The Hall–Kier alpha value is -6.91. The van der Waals surface area contributed by atoms with Crippen molar-refractivity contribution in [1.29, 1.82) is 0 Å². The van der Waals surface area contributed by atoms with Gasteiger partial charge in [-0.15, -0.1) is 10.2 Å². The quantitative estimate of drug-likeness (QED) is 0.174. The summed E-state index contributed by atoms with van der Waals surface area (Å²) in [6, 6.07) is 62.3. The topological polar surface area (TPSA) is 43.6 Å². The van der Waals surface area contributed by atoms with Crippen molar-refractivity contribution in [2.24, 2.45) is 0 Å². The summed E-state index contributed by atoms with van der Waals surface area (Å²) in [6.45, 7) is 0. The van der Waals surface area contributed by atoms with Crippen LogP contribution < -0.4 is 0 Å². The second-order valence-corrected chi connectivity index (χ2v) is 12.9. The molecule has 0 aliphatic rings. The van der Waals surface area contributed by atoms with E-state index in [2.05, 4.69) is 157 Å². The molecule has 2 aromatic heterocycles. The molecule has 2 heterocycles. The number of para-hydroxylation sites is 1. The molecule has 0 fully saturated rings. The minimum atomic E-state index is 0.842. The molecule has 0 unspecified atom stereocenters. The number of benzene rings is 8. The molecule has 0 atom stereocenters. The van der Waals surface area contributed by atoms with E-state index < -0.39 is 0 Å². The molecule has 0 N–H and O–H groups in total. The van der Waals surface area contributed by atoms with Gasteiger partial charge in [-0.2, -0.15) is 4.80 Å². The molecule has 10 rings (SSSR count). The summed E-state index contributed by atoms with van der Waals surface area (Å²) >= 11 is 0. The van der Waals surface area contributed by atoms with Gasteiger partial charge in [-0.25, -0.2) is 0 Å². The minimum absolute atomic E-state index is 0.842. The first-order valence-corrected chi connectivity index (χ1v) is 17.2. The highest BCUT2D eigenvalue weighted by atomic mass is 15.5. The Morgan fingerprint density at radius 2 is 0.902 bits per heavy atom. The Bertz CT molecular complexity index is 2890. The van der Waals surface area contributed by atoms with E-state index in [1.54, 1.807) is 4.80 Å².